The van der Waals surface area contributed by atoms with Crippen LogP contribution in [0.15, 0.2) is 12.3 Å². The van der Waals surface area contributed by atoms with Crippen molar-refractivity contribution in [2.75, 3.05) is 26.3 Å². The Morgan fingerprint density at radius 1 is 1.05 bits per heavy atom. The van der Waals surface area contributed by atoms with Crippen LogP contribution in [-0.2, 0) is 4.74 Å². The summed E-state index contributed by atoms with van der Waals surface area (Å²) in [6.07, 6.45) is 6.53. The molecule has 2 aromatic heterocycles. The van der Waals surface area contributed by atoms with E-state index in [-0.39, 0.29) is 0 Å². The van der Waals surface area contributed by atoms with Gasteiger partial charge in [-0.25, -0.2) is 9.97 Å². The number of aromatic amines is 1. The molecular formula is C16H22N4O. The zero-order valence-corrected chi connectivity index (χ0v) is 12.3. The van der Waals surface area contributed by atoms with Crippen molar-refractivity contribution >= 4 is 11.2 Å². The Labute approximate surface area is 124 Å². The normalized spacial score (nSPS) is 21.9. The van der Waals surface area contributed by atoms with Crippen molar-refractivity contribution in [1.29, 1.82) is 0 Å². The van der Waals surface area contributed by atoms with Crippen LogP contribution in [0.5, 0.6) is 0 Å². The van der Waals surface area contributed by atoms with E-state index in [2.05, 4.69) is 21.4 Å². The van der Waals surface area contributed by atoms with Crippen LogP contribution in [-0.4, -0.2) is 41.3 Å². The molecule has 0 saturated carbocycles. The Kier molecular flexibility index (Phi) is 3.61. The summed E-state index contributed by atoms with van der Waals surface area (Å²) in [7, 11) is 0. The molecule has 0 bridgehead atoms. The highest BCUT2D eigenvalue weighted by atomic mass is 16.5. The highest BCUT2D eigenvalue weighted by Crippen LogP contribution is 2.29. The predicted octanol–water partition coefficient (Wildman–Crippen LogP) is 2.32. The van der Waals surface area contributed by atoms with Gasteiger partial charge in [0.25, 0.3) is 0 Å². The first-order chi connectivity index (χ1) is 10.4. The van der Waals surface area contributed by atoms with Crippen molar-refractivity contribution in [1.82, 2.24) is 20.3 Å². The van der Waals surface area contributed by atoms with Gasteiger partial charge in [0.1, 0.15) is 11.3 Å². The number of rotatable bonds is 2. The lowest BCUT2D eigenvalue weighted by Crippen LogP contribution is -2.27. The third-order valence-electron chi connectivity index (χ3n) is 4.79. The van der Waals surface area contributed by atoms with Crippen LogP contribution in [0, 0.1) is 0 Å². The lowest BCUT2D eigenvalue weighted by Gasteiger charge is -2.21. The molecule has 0 aliphatic carbocycles. The molecule has 0 spiro atoms. The third-order valence-corrected chi connectivity index (χ3v) is 4.79. The molecule has 4 rings (SSSR count). The van der Waals surface area contributed by atoms with E-state index in [1.165, 1.54) is 5.56 Å². The maximum absolute atomic E-state index is 5.44. The Morgan fingerprint density at radius 3 is 2.67 bits per heavy atom. The number of nitrogens with one attached hydrogen (secondary N) is 2. The number of nitrogens with zero attached hydrogens (tertiary/aromatic N) is 2. The topological polar surface area (TPSA) is 62.8 Å². The number of hydrogen-bond donors (Lipinski definition) is 2. The summed E-state index contributed by atoms with van der Waals surface area (Å²) < 4.78 is 5.44. The number of piperidine rings is 1. The van der Waals surface area contributed by atoms with Gasteiger partial charge in [-0.05, 0) is 56.3 Å². The summed E-state index contributed by atoms with van der Waals surface area (Å²) in [5.41, 5.74) is 3.26. The zero-order valence-electron chi connectivity index (χ0n) is 12.3. The molecule has 5 heteroatoms. The minimum absolute atomic E-state index is 0.548. The number of hydrogen-bond acceptors (Lipinski definition) is 4. The molecule has 2 aromatic rings. The van der Waals surface area contributed by atoms with Gasteiger partial charge in [-0.2, -0.15) is 0 Å². The van der Waals surface area contributed by atoms with E-state index < -0.39 is 0 Å². The zero-order chi connectivity index (χ0) is 14.1. The predicted molar refractivity (Wildman–Crippen MR) is 81.5 cm³/mol. The molecule has 0 unspecified atom stereocenters. The summed E-state index contributed by atoms with van der Waals surface area (Å²) in [6, 6.07) is 2.22. The average Bonchev–Trinajstić information content (AvgIpc) is 2.99. The standard InChI is InChI=1S/C16H22N4O/c1-5-17-6-2-12(1)15-19-14-9-13(10-18-16(14)20-15)11-3-7-21-8-4-11/h9-12,17H,1-8H2,(H,18,19,20). The van der Waals surface area contributed by atoms with Crippen LogP contribution < -0.4 is 5.32 Å². The van der Waals surface area contributed by atoms with Crippen LogP contribution in [0.25, 0.3) is 11.2 Å². The molecule has 0 radical (unpaired) electrons. The van der Waals surface area contributed by atoms with Crippen LogP contribution in [0.2, 0.25) is 0 Å². The van der Waals surface area contributed by atoms with Gasteiger partial charge in [-0.15, -0.1) is 0 Å². The Hall–Kier alpha value is -1.46. The first-order valence-corrected chi connectivity index (χ1v) is 8.04. The third kappa shape index (κ3) is 2.68. The lowest BCUT2D eigenvalue weighted by molar-refractivity contribution is 0.0853. The van der Waals surface area contributed by atoms with E-state index in [4.69, 9.17) is 9.72 Å². The molecule has 112 valence electrons. The molecule has 2 saturated heterocycles. The Balaban J connectivity index is 1.61. The van der Waals surface area contributed by atoms with Crippen LogP contribution in [0.3, 0.4) is 0 Å². The fourth-order valence-electron chi connectivity index (χ4n) is 3.47. The second kappa shape index (κ2) is 5.73. The van der Waals surface area contributed by atoms with Gasteiger partial charge in [0.05, 0.1) is 0 Å². The molecular weight excluding hydrogens is 264 g/mol. The van der Waals surface area contributed by atoms with Gasteiger partial charge in [0.2, 0.25) is 0 Å². The SMILES string of the molecule is c1nc2[nH]c(C3CCNCC3)nc2cc1C1CCOCC1. The molecule has 2 N–H and O–H groups in total. The van der Waals surface area contributed by atoms with E-state index in [1.807, 2.05) is 6.20 Å². The second-order valence-corrected chi connectivity index (χ2v) is 6.17. The fourth-order valence-corrected chi connectivity index (χ4v) is 3.47. The van der Waals surface area contributed by atoms with E-state index in [1.54, 1.807) is 0 Å². The van der Waals surface area contributed by atoms with Gasteiger partial charge >= 0.3 is 0 Å². The van der Waals surface area contributed by atoms with Gasteiger partial charge in [0, 0.05) is 25.3 Å². The fraction of sp³-hybridized carbons (Fsp3) is 0.625. The van der Waals surface area contributed by atoms with Gasteiger partial charge in [0.15, 0.2) is 5.65 Å². The van der Waals surface area contributed by atoms with Gasteiger partial charge in [-0.3, -0.25) is 0 Å². The average molecular weight is 286 g/mol. The summed E-state index contributed by atoms with van der Waals surface area (Å²) in [6.45, 7) is 3.90. The highest BCUT2D eigenvalue weighted by Gasteiger charge is 2.20. The molecule has 0 amide bonds. The van der Waals surface area contributed by atoms with E-state index in [0.717, 1.165) is 69.0 Å². The van der Waals surface area contributed by atoms with Crippen molar-refractivity contribution in [3.8, 4) is 0 Å². The molecule has 2 aliphatic heterocycles. The van der Waals surface area contributed by atoms with Crippen molar-refractivity contribution in [2.45, 2.75) is 37.5 Å². The highest BCUT2D eigenvalue weighted by molar-refractivity contribution is 5.71. The minimum Gasteiger partial charge on any atom is -0.381 e. The Morgan fingerprint density at radius 2 is 1.86 bits per heavy atom. The second-order valence-electron chi connectivity index (χ2n) is 6.17. The maximum atomic E-state index is 5.44. The number of H-pyrrole nitrogens is 1. The molecule has 4 heterocycles. The summed E-state index contributed by atoms with van der Waals surface area (Å²) in [4.78, 5) is 12.8. The molecule has 2 fully saturated rings. The van der Waals surface area contributed by atoms with Gasteiger partial charge < -0.3 is 15.0 Å². The molecule has 5 nitrogen and oxygen atoms in total. The number of ether oxygens (including phenoxy) is 1. The van der Waals surface area contributed by atoms with Crippen LogP contribution >= 0.6 is 0 Å². The number of aromatic nitrogens is 3. The lowest BCUT2D eigenvalue weighted by atomic mass is 9.93. The van der Waals surface area contributed by atoms with E-state index in [0.29, 0.717) is 11.8 Å². The molecule has 0 atom stereocenters. The first-order valence-electron chi connectivity index (χ1n) is 8.04. The quantitative estimate of drug-likeness (QED) is 0.889. The number of pyridine rings is 1. The van der Waals surface area contributed by atoms with Crippen molar-refractivity contribution < 1.29 is 4.74 Å². The van der Waals surface area contributed by atoms with Crippen molar-refractivity contribution in [3.05, 3.63) is 23.7 Å². The molecule has 0 aromatic carbocycles. The largest absolute Gasteiger partial charge is 0.381 e. The van der Waals surface area contributed by atoms with Crippen LogP contribution in [0.1, 0.15) is 48.9 Å². The number of imidazole rings is 1. The van der Waals surface area contributed by atoms with Gasteiger partial charge in [-0.1, -0.05) is 0 Å². The van der Waals surface area contributed by atoms with E-state index in [9.17, 15) is 0 Å². The summed E-state index contributed by atoms with van der Waals surface area (Å²) in [5, 5.41) is 3.40. The first kappa shape index (κ1) is 13.2. The molecule has 2 aliphatic rings. The van der Waals surface area contributed by atoms with Crippen molar-refractivity contribution in [2.24, 2.45) is 0 Å². The summed E-state index contributed by atoms with van der Waals surface area (Å²) >= 11 is 0. The molecule has 21 heavy (non-hydrogen) atoms. The Bertz CT molecular complexity index is 596. The van der Waals surface area contributed by atoms with Crippen molar-refractivity contribution in [3.63, 3.8) is 0 Å². The van der Waals surface area contributed by atoms with E-state index >= 15 is 0 Å². The minimum atomic E-state index is 0.548. The number of fused-ring (bicyclic) bond motifs is 1. The smallest absolute Gasteiger partial charge is 0.157 e. The maximum Gasteiger partial charge on any atom is 0.157 e. The van der Waals surface area contributed by atoms with Crippen LogP contribution in [0.4, 0.5) is 0 Å². The summed E-state index contributed by atoms with van der Waals surface area (Å²) in [5.74, 6) is 2.24. The monoisotopic (exact) mass is 286 g/mol.